The molecule has 5 aromatic rings. The molecule has 4 aromatic carbocycles. The zero-order valence-corrected chi connectivity index (χ0v) is 30.8. The van der Waals surface area contributed by atoms with E-state index in [1.807, 2.05) is 84.9 Å². The van der Waals surface area contributed by atoms with E-state index in [0.29, 0.717) is 11.7 Å². The number of nitrogens with zero attached hydrogens (tertiary/aromatic N) is 1. The summed E-state index contributed by atoms with van der Waals surface area (Å²) in [5, 5.41) is 39.2. The summed E-state index contributed by atoms with van der Waals surface area (Å²) >= 11 is 1.54. The zero-order valence-electron chi connectivity index (χ0n) is 29.9. The van der Waals surface area contributed by atoms with Gasteiger partial charge in [0.1, 0.15) is 33.8 Å². The number of benzene rings is 4. The molecule has 268 valence electrons. The number of fused-ring (bicyclic) bond motifs is 1. The third kappa shape index (κ3) is 10.6. The van der Waals surface area contributed by atoms with Crippen LogP contribution in [0.2, 0.25) is 0 Å². The van der Waals surface area contributed by atoms with E-state index in [0.717, 1.165) is 106 Å². The second-order valence-corrected chi connectivity index (χ2v) is 13.4. The minimum absolute atomic E-state index is 0.287. The van der Waals surface area contributed by atoms with Crippen LogP contribution >= 0.6 is 11.3 Å². The fourth-order valence-electron chi connectivity index (χ4n) is 5.60. The number of hydrogen-bond acceptors (Lipinski definition) is 7. The van der Waals surface area contributed by atoms with Crippen molar-refractivity contribution in [2.45, 2.75) is 45.4 Å². The highest BCUT2D eigenvalue weighted by molar-refractivity contribution is 7.20. The Balaban J connectivity index is 1.27. The highest BCUT2D eigenvalue weighted by atomic mass is 32.1. The Labute approximate surface area is 310 Å². The van der Waals surface area contributed by atoms with Crippen molar-refractivity contribution >= 4 is 68.3 Å². The maximum atomic E-state index is 8.91. The molecule has 0 saturated carbocycles. The van der Waals surface area contributed by atoms with E-state index in [1.54, 1.807) is 7.11 Å². The summed E-state index contributed by atoms with van der Waals surface area (Å²) in [7, 11) is 1.66. The predicted molar refractivity (Wildman–Crippen MR) is 222 cm³/mol. The van der Waals surface area contributed by atoms with Gasteiger partial charge in [-0.25, -0.2) is 4.98 Å². The van der Waals surface area contributed by atoms with Crippen LogP contribution in [0.15, 0.2) is 97.6 Å². The topological polar surface area (TPSA) is 142 Å². The zero-order chi connectivity index (χ0) is 36.7. The SMILES string of the molecule is C=CC(=N)NCCCCCCNc1ccc(C(=N)Nc2ccc(NC(=N)c3ccc(CCC)cc3)c3nc(/C=C/c4ccc(OC)cc4)sc23)cc1. The monoisotopic (exact) mass is 712 g/mol. The number of methoxy groups -OCH3 is 1. The lowest BCUT2D eigenvalue weighted by molar-refractivity contribution is 0.415. The maximum absolute atomic E-state index is 8.91. The fourth-order valence-corrected chi connectivity index (χ4v) is 6.57. The first-order valence-corrected chi connectivity index (χ1v) is 18.5. The fraction of sp³-hybridized carbons (Fsp3) is 0.238. The van der Waals surface area contributed by atoms with Crippen LogP contribution in [0.5, 0.6) is 5.75 Å². The molecule has 0 aliphatic carbocycles. The van der Waals surface area contributed by atoms with E-state index >= 15 is 0 Å². The largest absolute Gasteiger partial charge is 0.497 e. The molecule has 1 aromatic heterocycles. The lowest BCUT2D eigenvalue weighted by Crippen LogP contribution is -2.21. The van der Waals surface area contributed by atoms with Gasteiger partial charge in [0.05, 0.1) is 23.2 Å². The van der Waals surface area contributed by atoms with E-state index < -0.39 is 0 Å². The van der Waals surface area contributed by atoms with Gasteiger partial charge in [0.25, 0.3) is 0 Å². The number of amidine groups is 3. The van der Waals surface area contributed by atoms with Gasteiger partial charge in [0, 0.05) is 29.9 Å². The highest BCUT2D eigenvalue weighted by Gasteiger charge is 2.15. The van der Waals surface area contributed by atoms with Gasteiger partial charge in [-0.2, -0.15) is 0 Å². The van der Waals surface area contributed by atoms with Gasteiger partial charge < -0.3 is 26.0 Å². The lowest BCUT2D eigenvalue weighted by Gasteiger charge is -2.13. The number of hydrogen-bond donors (Lipinski definition) is 7. The molecule has 0 fully saturated rings. The van der Waals surface area contributed by atoms with Crippen LogP contribution < -0.4 is 26.0 Å². The van der Waals surface area contributed by atoms with E-state index in [2.05, 4.69) is 46.9 Å². The van der Waals surface area contributed by atoms with E-state index in [9.17, 15) is 0 Å². The van der Waals surface area contributed by atoms with Crippen LogP contribution in [0.25, 0.3) is 22.4 Å². The van der Waals surface area contributed by atoms with Crippen LogP contribution in [0.1, 0.15) is 66.3 Å². The molecule has 10 heteroatoms. The number of ether oxygens (including phenoxy) is 1. The predicted octanol–water partition coefficient (Wildman–Crippen LogP) is 10.0. The minimum Gasteiger partial charge on any atom is -0.497 e. The molecular formula is C42H48N8OS. The molecule has 7 N–H and O–H groups in total. The van der Waals surface area contributed by atoms with Crippen LogP contribution in [0, 0.1) is 16.2 Å². The van der Waals surface area contributed by atoms with Gasteiger partial charge in [-0.05, 0) is 91.1 Å². The first-order chi connectivity index (χ1) is 25.4. The van der Waals surface area contributed by atoms with E-state index in [4.69, 9.17) is 25.9 Å². The third-order valence-corrected chi connectivity index (χ3v) is 9.57. The first kappa shape index (κ1) is 37.5. The van der Waals surface area contributed by atoms with Crippen LogP contribution in [-0.2, 0) is 6.42 Å². The molecule has 9 nitrogen and oxygen atoms in total. The van der Waals surface area contributed by atoms with E-state index in [-0.39, 0.29) is 5.84 Å². The molecule has 0 unspecified atom stereocenters. The quantitative estimate of drug-likeness (QED) is 0.0274. The van der Waals surface area contributed by atoms with Crippen molar-refractivity contribution in [2.75, 3.05) is 36.1 Å². The van der Waals surface area contributed by atoms with Gasteiger partial charge in [0.2, 0.25) is 0 Å². The van der Waals surface area contributed by atoms with Crippen molar-refractivity contribution in [1.29, 1.82) is 16.2 Å². The van der Waals surface area contributed by atoms with Crippen molar-refractivity contribution in [1.82, 2.24) is 10.3 Å². The smallest absolute Gasteiger partial charge is 0.129 e. The Morgan fingerprint density at radius 1 is 0.769 bits per heavy atom. The van der Waals surface area contributed by atoms with Crippen LogP contribution in [0.3, 0.4) is 0 Å². The average molecular weight is 713 g/mol. The van der Waals surface area contributed by atoms with Crippen molar-refractivity contribution in [2.24, 2.45) is 0 Å². The molecule has 0 atom stereocenters. The Morgan fingerprint density at radius 2 is 1.40 bits per heavy atom. The Bertz CT molecular complexity index is 2000. The molecule has 1 heterocycles. The second kappa shape index (κ2) is 19.0. The van der Waals surface area contributed by atoms with Crippen LogP contribution in [-0.4, -0.2) is 42.7 Å². The first-order valence-electron chi connectivity index (χ1n) is 17.7. The van der Waals surface area contributed by atoms with E-state index in [1.165, 1.54) is 23.0 Å². The standard InChI is InChI=1S/C42H48N8OS/c1-4-10-29-11-16-31(17-12-29)41(44)48-35-24-25-36(40-39(35)50-38(52-40)26-15-30-13-22-34(51-3)23-14-30)49-42(45)32-18-20-33(21-19-32)46-27-8-6-7-9-28-47-37(43)5-2/h5,11-26,46H,2,4,6-10,27-28H2,1,3H3,(H2,43,47)(H2,44,48)(H2,45,49)/b26-15+. The summed E-state index contributed by atoms with van der Waals surface area (Å²) in [4.78, 5) is 4.98. The Morgan fingerprint density at radius 3 is 2.06 bits per heavy atom. The summed E-state index contributed by atoms with van der Waals surface area (Å²) in [5.74, 6) is 1.77. The molecule has 0 saturated heterocycles. The molecule has 0 aliphatic rings. The summed E-state index contributed by atoms with van der Waals surface area (Å²) in [6, 6.07) is 27.8. The molecule has 0 aliphatic heterocycles. The number of aryl methyl sites for hydroxylation is 1. The second-order valence-electron chi connectivity index (χ2n) is 12.4. The van der Waals surface area contributed by atoms with Crippen molar-refractivity contribution < 1.29 is 4.74 Å². The number of anilines is 3. The van der Waals surface area contributed by atoms with Crippen LogP contribution in [0.4, 0.5) is 17.1 Å². The number of nitrogens with one attached hydrogen (secondary N) is 7. The van der Waals surface area contributed by atoms with Gasteiger partial charge in [-0.1, -0.05) is 75.2 Å². The molecule has 0 spiro atoms. The molecule has 5 rings (SSSR count). The van der Waals surface area contributed by atoms with Crippen molar-refractivity contribution in [3.8, 4) is 5.75 Å². The Kier molecular flexibility index (Phi) is 13.7. The summed E-state index contributed by atoms with van der Waals surface area (Å²) in [6.07, 6.45) is 12.0. The van der Waals surface area contributed by atoms with Gasteiger partial charge >= 0.3 is 0 Å². The summed E-state index contributed by atoms with van der Waals surface area (Å²) < 4.78 is 6.19. The lowest BCUT2D eigenvalue weighted by atomic mass is 10.1. The van der Waals surface area contributed by atoms with Crippen molar-refractivity contribution in [3.05, 3.63) is 125 Å². The third-order valence-electron chi connectivity index (χ3n) is 8.52. The molecular weight excluding hydrogens is 665 g/mol. The average Bonchev–Trinajstić information content (AvgIpc) is 3.62. The Hall–Kier alpha value is -5.74. The molecule has 0 radical (unpaired) electrons. The van der Waals surface area contributed by atoms with Gasteiger partial charge in [0.15, 0.2) is 0 Å². The van der Waals surface area contributed by atoms with Gasteiger partial charge in [-0.3, -0.25) is 16.2 Å². The number of aromatic nitrogens is 1. The van der Waals surface area contributed by atoms with Crippen molar-refractivity contribution in [3.63, 3.8) is 0 Å². The summed E-state index contributed by atoms with van der Waals surface area (Å²) in [6.45, 7) is 7.44. The number of thiazole rings is 1. The minimum atomic E-state index is 0.287. The van der Waals surface area contributed by atoms with Gasteiger partial charge in [-0.15, -0.1) is 11.3 Å². The summed E-state index contributed by atoms with van der Waals surface area (Å²) in [5.41, 5.74) is 7.13. The highest BCUT2D eigenvalue weighted by Crippen LogP contribution is 2.36. The molecule has 0 amide bonds. The number of rotatable bonds is 18. The number of unbranched alkanes of at least 4 members (excludes halogenated alkanes) is 3. The normalized spacial score (nSPS) is 11.0. The molecule has 52 heavy (non-hydrogen) atoms. The maximum Gasteiger partial charge on any atom is 0.129 e. The molecule has 0 bridgehead atoms.